The van der Waals surface area contributed by atoms with E-state index in [1.807, 2.05) is 11.8 Å². The van der Waals surface area contributed by atoms with Crippen LogP contribution in [0.25, 0.3) is 0 Å². The Labute approximate surface area is 79.4 Å². The summed E-state index contributed by atoms with van der Waals surface area (Å²) in [5, 5.41) is 0. The summed E-state index contributed by atoms with van der Waals surface area (Å²) in [4.78, 5) is 0. The van der Waals surface area contributed by atoms with Gasteiger partial charge < -0.3 is 0 Å². The van der Waals surface area contributed by atoms with Gasteiger partial charge in [0.05, 0.1) is 0 Å². The first-order valence-electron chi connectivity index (χ1n) is 4.43. The maximum atomic E-state index is 2.32. The van der Waals surface area contributed by atoms with Crippen LogP contribution in [0.2, 0.25) is 0 Å². The molecule has 1 rings (SSSR count). The molecule has 0 aromatic heterocycles. The molecule has 0 aliphatic rings. The molecule has 66 valence electrons. The maximum absolute atomic E-state index is 2.32. The number of hydrogen-bond acceptors (Lipinski definition) is 1. The van der Waals surface area contributed by atoms with Gasteiger partial charge in [-0.2, -0.15) is 11.8 Å². The summed E-state index contributed by atoms with van der Waals surface area (Å²) < 4.78 is 0. The summed E-state index contributed by atoms with van der Waals surface area (Å²) >= 11 is 1.88. The number of benzene rings is 1. The highest BCUT2D eigenvalue weighted by atomic mass is 32.2. The summed E-state index contributed by atoms with van der Waals surface area (Å²) in [5.41, 5.74) is 2.93. The van der Waals surface area contributed by atoms with Gasteiger partial charge in [-0.3, -0.25) is 0 Å². The van der Waals surface area contributed by atoms with E-state index >= 15 is 0 Å². The molecule has 1 aromatic carbocycles. The number of rotatable bonds is 4. The molecule has 0 aliphatic heterocycles. The third-order valence-electron chi connectivity index (χ3n) is 1.84. The number of aryl methyl sites for hydroxylation is 1. The lowest BCUT2D eigenvalue weighted by atomic mass is 10.1. The van der Waals surface area contributed by atoms with Gasteiger partial charge in [-0.15, -0.1) is 0 Å². The zero-order valence-electron chi connectivity index (χ0n) is 7.84. The molecule has 12 heavy (non-hydrogen) atoms. The van der Waals surface area contributed by atoms with Crippen LogP contribution in [0.5, 0.6) is 0 Å². The first kappa shape index (κ1) is 9.66. The Balaban J connectivity index is 2.67. The Morgan fingerprint density at radius 3 is 2.67 bits per heavy atom. The van der Waals surface area contributed by atoms with Crippen molar-refractivity contribution in [2.45, 2.75) is 25.5 Å². The van der Waals surface area contributed by atoms with E-state index in [-0.39, 0.29) is 0 Å². The van der Waals surface area contributed by atoms with E-state index in [0.717, 1.165) is 5.75 Å². The molecule has 0 saturated heterocycles. The van der Waals surface area contributed by atoms with Crippen LogP contribution in [-0.4, -0.2) is 6.26 Å². The SMILES string of the molecule is CCCc1cccc(CSC)c1. The minimum Gasteiger partial charge on any atom is -0.161 e. The van der Waals surface area contributed by atoms with Crippen LogP contribution < -0.4 is 0 Å². The lowest BCUT2D eigenvalue weighted by Gasteiger charge is -2.01. The first-order valence-corrected chi connectivity index (χ1v) is 5.83. The average molecular weight is 180 g/mol. The van der Waals surface area contributed by atoms with Crippen LogP contribution in [0.4, 0.5) is 0 Å². The van der Waals surface area contributed by atoms with Crippen molar-refractivity contribution in [2.24, 2.45) is 0 Å². The summed E-state index contributed by atoms with van der Waals surface area (Å²) in [6, 6.07) is 8.90. The fourth-order valence-corrected chi connectivity index (χ4v) is 1.84. The summed E-state index contributed by atoms with van der Waals surface area (Å²) in [6.07, 6.45) is 4.59. The zero-order valence-corrected chi connectivity index (χ0v) is 8.66. The van der Waals surface area contributed by atoms with Crippen molar-refractivity contribution >= 4 is 11.8 Å². The van der Waals surface area contributed by atoms with E-state index in [2.05, 4.69) is 37.4 Å². The minimum atomic E-state index is 1.14. The Morgan fingerprint density at radius 2 is 2.00 bits per heavy atom. The molecule has 0 spiro atoms. The second kappa shape index (κ2) is 5.26. The first-order chi connectivity index (χ1) is 5.86. The zero-order chi connectivity index (χ0) is 8.81. The van der Waals surface area contributed by atoms with Crippen molar-refractivity contribution in [1.82, 2.24) is 0 Å². The van der Waals surface area contributed by atoms with E-state index in [0.29, 0.717) is 0 Å². The average Bonchev–Trinajstić information content (AvgIpc) is 2.06. The summed E-state index contributed by atoms with van der Waals surface area (Å²) in [6.45, 7) is 2.22. The van der Waals surface area contributed by atoms with Crippen molar-refractivity contribution in [2.75, 3.05) is 6.26 Å². The van der Waals surface area contributed by atoms with E-state index in [1.165, 1.54) is 24.0 Å². The van der Waals surface area contributed by atoms with Gasteiger partial charge >= 0.3 is 0 Å². The Morgan fingerprint density at radius 1 is 1.25 bits per heavy atom. The highest BCUT2D eigenvalue weighted by Gasteiger charge is 1.93. The van der Waals surface area contributed by atoms with Gasteiger partial charge in [-0.25, -0.2) is 0 Å². The lowest BCUT2D eigenvalue weighted by molar-refractivity contribution is 0.920. The monoisotopic (exact) mass is 180 g/mol. The largest absolute Gasteiger partial charge is 0.161 e. The molecule has 1 aromatic rings. The van der Waals surface area contributed by atoms with Crippen LogP contribution >= 0.6 is 11.8 Å². The van der Waals surface area contributed by atoms with E-state index in [1.54, 1.807) is 0 Å². The van der Waals surface area contributed by atoms with Gasteiger partial charge in [0.1, 0.15) is 0 Å². The Bertz CT molecular complexity index is 209. The minimum absolute atomic E-state index is 1.14. The molecule has 0 nitrogen and oxygen atoms in total. The predicted molar refractivity (Wildman–Crippen MR) is 57.7 cm³/mol. The summed E-state index contributed by atoms with van der Waals surface area (Å²) in [7, 11) is 0. The Kier molecular flexibility index (Phi) is 4.23. The van der Waals surface area contributed by atoms with Crippen LogP contribution in [0.3, 0.4) is 0 Å². The van der Waals surface area contributed by atoms with Crippen LogP contribution in [-0.2, 0) is 12.2 Å². The molecule has 0 saturated carbocycles. The molecule has 0 heterocycles. The predicted octanol–water partition coefficient (Wildman–Crippen LogP) is 3.50. The van der Waals surface area contributed by atoms with Crippen molar-refractivity contribution in [3.05, 3.63) is 35.4 Å². The van der Waals surface area contributed by atoms with Gasteiger partial charge in [0.2, 0.25) is 0 Å². The number of thioether (sulfide) groups is 1. The molecule has 0 atom stereocenters. The standard InChI is InChI=1S/C11H16S/c1-3-5-10-6-4-7-11(8-10)9-12-2/h4,6-8H,3,5,9H2,1-2H3. The van der Waals surface area contributed by atoms with Gasteiger partial charge in [-0.05, 0) is 23.8 Å². The van der Waals surface area contributed by atoms with E-state index in [9.17, 15) is 0 Å². The second-order valence-corrected chi connectivity index (χ2v) is 3.87. The van der Waals surface area contributed by atoms with Crippen LogP contribution in [0.1, 0.15) is 24.5 Å². The second-order valence-electron chi connectivity index (χ2n) is 3.00. The number of hydrogen-bond donors (Lipinski definition) is 0. The fraction of sp³-hybridized carbons (Fsp3) is 0.455. The highest BCUT2D eigenvalue weighted by molar-refractivity contribution is 7.97. The highest BCUT2D eigenvalue weighted by Crippen LogP contribution is 2.12. The van der Waals surface area contributed by atoms with E-state index in [4.69, 9.17) is 0 Å². The summed E-state index contributed by atoms with van der Waals surface area (Å²) in [5.74, 6) is 1.14. The molecular weight excluding hydrogens is 164 g/mol. The van der Waals surface area contributed by atoms with Crippen LogP contribution in [0, 0.1) is 0 Å². The molecular formula is C11H16S. The molecule has 0 N–H and O–H groups in total. The van der Waals surface area contributed by atoms with Crippen molar-refractivity contribution in [3.63, 3.8) is 0 Å². The molecule has 0 radical (unpaired) electrons. The molecule has 0 unspecified atom stereocenters. The molecule has 0 bridgehead atoms. The molecule has 0 aliphatic carbocycles. The van der Waals surface area contributed by atoms with Crippen LogP contribution in [0.15, 0.2) is 24.3 Å². The van der Waals surface area contributed by atoms with Crippen molar-refractivity contribution in [1.29, 1.82) is 0 Å². The van der Waals surface area contributed by atoms with Gasteiger partial charge in [0.25, 0.3) is 0 Å². The molecule has 0 amide bonds. The normalized spacial score (nSPS) is 10.2. The van der Waals surface area contributed by atoms with Crippen molar-refractivity contribution < 1.29 is 0 Å². The topological polar surface area (TPSA) is 0 Å². The van der Waals surface area contributed by atoms with E-state index < -0.39 is 0 Å². The fourth-order valence-electron chi connectivity index (χ4n) is 1.33. The third kappa shape index (κ3) is 2.90. The van der Waals surface area contributed by atoms with Crippen molar-refractivity contribution in [3.8, 4) is 0 Å². The molecule has 1 heteroatoms. The maximum Gasteiger partial charge on any atom is 0.0181 e. The smallest absolute Gasteiger partial charge is 0.0181 e. The van der Waals surface area contributed by atoms with Gasteiger partial charge in [0.15, 0.2) is 0 Å². The van der Waals surface area contributed by atoms with Gasteiger partial charge in [-0.1, -0.05) is 37.6 Å². The lowest BCUT2D eigenvalue weighted by Crippen LogP contribution is -1.85. The Hall–Kier alpha value is -0.430. The molecule has 0 fully saturated rings. The third-order valence-corrected chi connectivity index (χ3v) is 2.46. The quantitative estimate of drug-likeness (QED) is 0.683. The van der Waals surface area contributed by atoms with Gasteiger partial charge in [0, 0.05) is 5.75 Å².